The van der Waals surface area contributed by atoms with Crippen molar-refractivity contribution in [3.8, 4) is 0 Å². The maximum absolute atomic E-state index is 13.2. The summed E-state index contributed by atoms with van der Waals surface area (Å²) in [6.07, 6.45) is 0. The Labute approximate surface area is 116 Å². The molecule has 0 bridgehead atoms. The Balaban J connectivity index is 1.86. The highest BCUT2D eigenvalue weighted by Crippen LogP contribution is 2.34. The quantitative estimate of drug-likeness (QED) is 0.910. The Morgan fingerprint density at radius 2 is 1.95 bits per heavy atom. The van der Waals surface area contributed by atoms with Gasteiger partial charge in [0.05, 0.1) is 0 Å². The predicted octanol–water partition coefficient (Wildman–Crippen LogP) is 3.50. The molecule has 1 heterocycles. The number of hydrogen-bond acceptors (Lipinski definition) is 2. The third-order valence-corrected chi connectivity index (χ3v) is 3.69. The summed E-state index contributed by atoms with van der Waals surface area (Å²) in [6, 6.07) is 12.4. The zero-order chi connectivity index (χ0) is 13.4. The van der Waals surface area contributed by atoms with Crippen molar-refractivity contribution in [2.24, 2.45) is 5.73 Å². The monoisotopic (exact) mass is 276 g/mol. The van der Waals surface area contributed by atoms with Crippen LogP contribution in [0, 0.1) is 5.82 Å². The van der Waals surface area contributed by atoms with Gasteiger partial charge >= 0.3 is 0 Å². The summed E-state index contributed by atoms with van der Waals surface area (Å²) in [5, 5.41) is 0.726. The number of halogens is 2. The zero-order valence-corrected chi connectivity index (χ0v) is 11.1. The number of nitrogens with zero attached hydrogens (tertiary/aromatic N) is 1. The van der Waals surface area contributed by atoms with Crippen LogP contribution in [-0.2, 0) is 6.54 Å². The van der Waals surface area contributed by atoms with Gasteiger partial charge in [-0.1, -0.05) is 23.7 Å². The predicted molar refractivity (Wildman–Crippen MR) is 75.8 cm³/mol. The summed E-state index contributed by atoms with van der Waals surface area (Å²) < 4.78 is 13.2. The topological polar surface area (TPSA) is 29.3 Å². The number of fused-ring (bicyclic) bond motifs is 1. The number of rotatable bonds is 2. The normalized spacial score (nSPS) is 17.6. The van der Waals surface area contributed by atoms with Crippen LogP contribution in [-0.4, -0.2) is 6.54 Å². The van der Waals surface area contributed by atoms with Gasteiger partial charge < -0.3 is 10.6 Å². The molecule has 0 aromatic heterocycles. The highest BCUT2D eigenvalue weighted by Gasteiger charge is 2.26. The summed E-state index contributed by atoms with van der Waals surface area (Å²) in [5.74, 6) is -0.234. The van der Waals surface area contributed by atoms with Crippen LogP contribution in [0.15, 0.2) is 42.5 Å². The Hall–Kier alpha value is -1.58. The molecule has 0 saturated heterocycles. The van der Waals surface area contributed by atoms with Crippen LogP contribution in [0.5, 0.6) is 0 Å². The van der Waals surface area contributed by atoms with Crippen molar-refractivity contribution in [2.45, 2.75) is 12.6 Å². The third kappa shape index (κ3) is 2.44. The summed E-state index contributed by atoms with van der Waals surface area (Å²) in [5.41, 5.74) is 9.12. The minimum absolute atomic E-state index is 0.127. The fourth-order valence-corrected chi connectivity index (χ4v) is 2.63. The number of benzene rings is 2. The number of nitrogens with two attached hydrogens (primary N) is 1. The van der Waals surface area contributed by atoms with Crippen LogP contribution in [0.3, 0.4) is 0 Å². The first-order valence-electron chi connectivity index (χ1n) is 6.18. The third-order valence-electron chi connectivity index (χ3n) is 3.43. The molecule has 98 valence electrons. The molecule has 0 spiro atoms. The van der Waals surface area contributed by atoms with Gasteiger partial charge in [-0.2, -0.15) is 0 Å². The van der Waals surface area contributed by atoms with Gasteiger partial charge in [0.25, 0.3) is 0 Å². The molecule has 0 aliphatic carbocycles. The van der Waals surface area contributed by atoms with E-state index < -0.39 is 0 Å². The summed E-state index contributed by atoms with van der Waals surface area (Å²) in [7, 11) is 0. The molecule has 1 aliphatic heterocycles. The van der Waals surface area contributed by atoms with E-state index in [4.69, 9.17) is 17.3 Å². The van der Waals surface area contributed by atoms with Crippen molar-refractivity contribution in [3.05, 3.63) is 64.4 Å². The van der Waals surface area contributed by atoms with E-state index in [0.29, 0.717) is 6.54 Å². The standard InChI is InChI=1S/C15H14ClFN2/c16-11-3-1-10(2-4-11)8-19-9-14(18)13-7-12(17)5-6-15(13)19/h1-7,14H,8-9,18H2/t14-/m1/s1. The van der Waals surface area contributed by atoms with Crippen molar-refractivity contribution < 1.29 is 4.39 Å². The van der Waals surface area contributed by atoms with Crippen LogP contribution in [0.25, 0.3) is 0 Å². The molecule has 0 amide bonds. The van der Waals surface area contributed by atoms with E-state index in [1.807, 2.05) is 24.3 Å². The summed E-state index contributed by atoms with van der Waals surface area (Å²) >= 11 is 5.87. The van der Waals surface area contributed by atoms with Gasteiger partial charge in [-0.05, 0) is 41.5 Å². The van der Waals surface area contributed by atoms with Gasteiger partial charge in [-0.15, -0.1) is 0 Å². The zero-order valence-electron chi connectivity index (χ0n) is 10.3. The minimum atomic E-state index is -0.234. The highest BCUT2D eigenvalue weighted by molar-refractivity contribution is 6.30. The van der Waals surface area contributed by atoms with E-state index in [-0.39, 0.29) is 11.9 Å². The van der Waals surface area contributed by atoms with Crippen LogP contribution in [0.1, 0.15) is 17.2 Å². The lowest BCUT2D eigenvalue weighted by Crippen LogP contribution is -2.23. The molecule has 0 saturated carbocycles. The van der Waals surface area contributed by atoms with Crippen LogP contribution in [0.2, 0.25) is 5.02 Å². The Morgan fingerprint density at radius 1 is 1.21 bits per heavy atom. The summed E-state index contributed by atoms with van der Waals surface area (Å²) in [4.78, 5) is 2.17. The first-order chi connectivity index (χ1) is 9.13. The first-order valence-corrected chi connectivity index (χ1v) is 6.56. The lowest BCUT2D eigenvalue weighted by atomic mass is 10.1. The van der Waals surface area contributed by atoms with Gasteiger partial charge in [0.1, 0.15) is 5.82 Å². The molecule has 0 unspecified atom stereocenters. The smallest absolute Gasteiger partial charge is 0.123 e. The molecule has 3 rings (SSSR count). The molecule has 19 heavy (non-hydrogen) atoms. The highest BCUT2D eigenvalue weighted by atomic mass is 35.5. The van der Waals surface area contributed by atoms with E-state index in [0.717, 1.165) is 28.4 Å². The first kappa shape index (κ1) is 12.5. The van der Waals surface area contributed by atoms with Gasteiger partial charge in [0, 0.05) is 29.8 Å². The van der Waals surface area contributed by atoms with Crippen molar-refractivity contribution in [1.82, 2.24) is 0 Å². The molecule has 1 atom stereocenters. The summed E-state index contributed by atoms with van der Waals surface area (Å²) in [6.45, 7) is 1.46. The molecule has 2 aromatic carbocycles. The van der Waals surface area contributed by atoms with Gasteiger partial charge in [0.2, 0.25) is 0 Å². The second-order valence-electron chi connectivity index (χ2n) is 4.82. The van der Waals surface area contributed by atoms with Crippen LogP contribution >= 0.6 is 11.6 Å². The van der Waals surface area contributed by atoms with E-state index in [2.05, 4.69) is 4.90 Å². The van der Waals surface area contributed by atoms with Crippen LogP contribution in [0.4, 0.5) is 10.1 Å². The molecular weight excluding hydrogens is 263 g/mol. The maximum Gasteiger partial charge on any atom is 0.123 e. The van der Waals surface area contributed by atoms with Gasteiger partial charge in [-0.3, -0.25) is 0 Å². The van der Waals surface area contributed by atoms with E-state index >= 15 is 0 Å². The van der Waals surface area contributed by atoms with E-state index in [1.54, 1.807) is 6.07 Å². The average Bonchev–Trinajstić information content (AvgIpc) is 2.69. The van der Waals surface area contributed by atoms with Crippen molar-refractivity contribution in [1.29, 1.82) is 0 Å². The molecule has 0 fully saturated rings. The second kappa shape index (κ2) is 4.83. The fourth-order valence-electron chi connectivity index (χ4n) is 2.50. The number of hydrogen-bond donors (Lipinski definition) is 1. The molecule has 1 aliphatic rings. The lowest BCUT2D eigenvalue weighted by Gasteiger charge is -2.19. The lowest BCUT2D eigenvalue weighted by molar-refractivity contribution is 0.624. The minimum Gasteiger partial charge on any atom is -0.365 e. The molecule has 2 aromatic rings. The fraction of sp³-hybridized carbons (Fsp3) is 0.200. The molecule has 4 heteroatoms. The van der Waals surface area contributed by atoms with Crippen molar-refractivity contribution in [2.75, 3.05) is 11.4 Å². The maximum atomic E-state index is 13.2. The van der Waals surface area contributed by atoms with E-state index in [1.165, 1.54) is 12.1 Å². The van der Waals surface area contributed by atoms with Gasteiger partial charge in [0.15, 0.2) is 0 Å². The molecule has 2 nitrogen and oxygen atoms in total. The van der Waals surface area contributed by atoms with E-state index in [9.17, 15) is 4.39 Å². The van der Waals surface area contributed by atoms with Gasteiger partial charge in [-0.25, -0.2) is 4.39 Å². The largest absolute Gasteiger partial charge is 0.365 e. The molecule has 0 radical (unpaired) electrons. The average molecular weight is 277 g/mol. The Bertz CT molecular complexity index is 598. The number of anilines is 1. The molecule has 2 N–H and O–H groups in total. The molecular formula is C15H14ClFN2. The Kier molecular flexibility index (Phi) is 3.17. The van der Waals surface area contributed by atoms with Crippen molar-refractivity contribution in [3.63, 3.8) is 0 Å². The van der Waals surface area contributed by atoms with Crippen LogP contribution < -0.4 is 10.6 Å². The second-order valence-corrected chi connectivity index (χ2v) is 5.25. The van der Waals surface area contributed by atoms with Crippen molar-refractivity contribution >= 4 is 17.3 Å². The Morgan fingerprint density at radius 3 is 2.68 bits per heavy atom. The SMILES string of the molecule is N[C@@H]1CN(Cc2ccc(Cl)cc2)c2ccc(F)cc21.